The molecule has 0 radical (unpaired) electrons. The summed E-state index contributed by atoms with van der Waals surface area (Å²) in [6, 6.07) is 0. The fourth-order valence-electron chi connectivity index (χ4n) is 6.51. The number of rotatable bonds is 45. The Bertz CT molecular complexity index is 1460. The summed E-state index contributed by atoms with van der Waals surface area (Å²) >= 11 is 0. The maximum Gasteiger partial charge on any atom is 0.306 e. The maximum atomic E-state index is 12.8. The fraction of sp³-hybridized carbons (Fsp3) is 0.583. The SMILES string of the molecule is CC/C=C\C/C=C\C/C=C\C/C=C\C/C=C\CCCC(=O)OCC(COC(=O)CCCCCC/C=C\C/C=C\C/C=C\CC)OC(=O)CCC/C=C\C/C=C\C/C=C\CCCCCCCC. The Kier molecular flexibility index (Phi) is 49.6. The Balaban J connectivity index is 4.62. The summed E-state index contributed by atoms with van der Waals surface area (Å²) in [6.45, 7) is 6.27. The highest BCUT2D eigenvalue weighted by Gasteiger charge is 2.19. The van der Waals surface area contributed by atoms with Gasteiger partial charge in [0.15, 0.2) is 6.10 Å². The fourth-order valence-corrected chi connectivity index (χ4v) is 6.51. The molecule has 370 valence electrons. The minimum atomic E-state index is -0.841. The van der Waals surface area contributed by atoms with Crippen LogP contribution in [0.1, 0.15) is 207 Å². The van der Waals surface area contributed by atoms with Gasteiger partial charge in [-0.25, -0.2) is 0 Å². The van der Waals surface area contributed by atoms with Crippen molar-refractivity contribution >= 4 is 17.9 Å². The van der Waals surface area contributed by atoms with Gasteiger partial charge in [-0.1, -0.05) is 199 Å². The Morgan fingerprint density at radius 2 is 0.606 bits per heavy atom. The van der Waals surface area contributed by atoms with Crippen molar-refractivity contribution in [3.05, 3.63) is 134 Å². The van der Waals surface area contributed by atoms with E-state index < -0.39 is 6.10 Å². The molecule has 0 amide bonds. The van der Waals surface area contributed by atoms with E-state index in [0.29, 0.717) is 19.3 Å². The first-order chi connectivity index (χ1) is 32.5. The lowest BCUT2D eigenvalue weighted by Gasteiger charge is -2.18. The summed E-state index contributed by atoms with van der Waals surface area (Å²) in [4.78, 5) is 38.0. The van der Waals surface area contributed by atoms with Crippen LogP contribution in [0.3, 0.4) is 0 Å². The molecule has 1 atom stereocenters. The van der Waals surface area contributed by atoms with Crippen LogP contribution in [0.4, 0.5) is 0 Å². The predicted molar refractivity (Wildman–Crippen MR) is 283 cm³/mol. The van der Waals surface area contributed by atoms with Crippen molar-refractivity contribution in [2.24, 2.45) is 0 Å². The van der Waals surface area contributed by atoms with Crippen molar-refractivity contribution in [2.75, 3.05) is 13.2 Å². The zero-order valence-corrected chi connectivity index (χ0v) is 42.1. The first-order valence-electron chi connectivity index (χ1n) is 26.2. The van der Waals surface area contributed by atoms with Gasteiger partial charge in [0.1, 0.15) is 13.2 Å². The van der Waals surface area contributed by atoms with Gasteiger partial charge in [-0.15, -0.1) is 0 Å². The molecule has 0 bridgehead atoms. The quantitative estimate of drug-likeness (QED) is 0.0262. The molecule has 0 aliphatic rings. The van der Waals surface area contributed by atoms with Crippen molar-refractivity contribution < 1.29 is 28.6 Å². The van der Waals surface area contributed by atoms with Crippen molar-refractivity contribution in [2.45, 2.75) is 213 Å². The summed E-state index contributed by atoms with van der Waals surface area (Å²) in [7, 11) is 0. The molecule has 0 fully saturated rings. The molecule has 0 saturated carbocycles. The van der Waals surface area contributed by atoms with Gasteiger partial charge >= 0.3 is 17.9 Å². The summed E-state index contributed by atoms with van der Waals surface area (Å²) in [5.74, 6) is -1.08. The van der Waals surface area contributed by atoms with E-state index in [4.69, 9.17) is 14.2 Å². The summed E-state index contributed by atoms with van der Waals surface area (Å²) in [5, 5.41) is 0. The first-order valence-corrected chi connectivity index (χ1v) is 26.2. The van der Waals surface area contributed by atoms with Crippen LogP contribution in [0.5, 0.6) is 0 Å². The highest BCUT2D eigenvalue weighted by Crippen LogP contribution is 2.11. The Morgan fingerprint density at radius 3 is 0.985 bits per heavy atom. The van der Waals surface area contributed by atoms with Crippen LogP contribution in [-0.2, 0) is 28.6 Å². The molecule has 66 heavy (non-hydrogen) atoms. The maximum absolute atomic E-state index is 12.8. The van der Waals surface area contributed by atoms with Crippen LogP contribution >= 0.6 is 0 Å². The van der Waals surface area contributed by atoms with E-state index in [-0.39, 0.29) is 44.0 Å². The first kappa shape index (κ1) is 61.5. The van der Waals surface area contributed by atoms with Gasteiger partial charge in [-0.3, -0.25) is 14.4 Å². The second-order valence-corrected chi connectivity index (χ2v) is 16.7. The molecule has 0 aliphatic heterocycles. The molecule has 0 spiro atoms. The van der Waals surface area contributed by atoms with Crippen molar-refractivity contribution in [1.29, 1.82) is 0 Å². The Morgan fingerprint density at radius 1 is 0.318 bits per heavy atom. The molecule has 0 N–H and O–H groups in total. The second-order valence-electron chi connectivity index (χ2n) is 16.7. The molecule has 0 aliphatic carbocycles. The van der Waals surface area contributed by atoms with Crippen LogP contribution in [0.25, 0.3) is 0 Å². The molecule has 0 aromatic carbocycles. The molecule has 0 heterocycles. The standard InChI is InChI=1S/C60H94O6/c1-4-7-10-13-16-19-22-25-28-30-32-35-38-41-44-47-50-53-59(62)65-56-57(55-64-58(61)52-49-46-43-40-37-34-27-24-21-18-15-12-9-6-3)66-60(63)54-51-48-45-42-39-36-33-31-29-26-23-20-17-14-11-8-5-2/h7,9-10,12,16,18-19,21,25-29,32-36,41-42,44-45,57H,4-6,8,11,13-15,17,20,22-24,30-31,37-40,43,46-56H2,1-3H3/b10-7-,12-9-,19-16-,21-18-,28-25-,29-26-,34-27-,35-32-,36-33-,44-41-,45-42-. The van der Waals surface area contributed by atoms with Gasteiger partial charge in [-0.05, 0) is 122 Å². The molecule has 6 nitrogen and oxygen atoms in total. The Hall–Kier alpha value is -4.45. The summed E-state index contributed by atoms with van der Waals surface area (Å²) < 4.78 is 16.7. The zero-order chi connectivity index (χ0) is 47.9. The third kappa shape index (κ3) is 50.5. The minimum Gasteiger partial charge on any atom is -0.462 e. The molecule has 0 saturated heterocycles. The number of allylic oxidation sites excluding steroid dienone is 22. The van der Waals surface area contributed by atoms with Gasteiger partial charge in [0, 0.05) is 19.3 Å². The summed E-state index contributed by atoms with van der Waals surface area (Å²) in [5.41, 5.74) is 0. The number of esters is 3. The van der Waals surface area contributed by atoms with Gasteiger partial charge in [-0.2, -0.15) is 0 Å². The zero-order valence-electron chi connectivity index (χ0n) is 42.1. The average molecular weight is 911 g/mol. The van der Waals surface area contributed by atoms with Crippen molar-refractivity contribution in [1.82, 2.24) is 0 Å². The van der Waals surface area contributed by atoms with Crippen LogP contribution in [0, 0.1) is 0 Å². The highest BCUT2D eigenvalue weighted by molar-refractivity contribution is 5.71. The molecular formula is C60H94O6. The summed E-state index contributed by atoms with van der Waals surface area (Å²) in [6.07, 6.45) is 74.5. The van der Waals surface area contributed by atoms with Crippen LogP contribution in [0.2, 0.25) is 0 Å². The third-order valence-corrected chi connectivity index (χ3v) is 10.4. The molecule has 0 aromatic heterocycles. The van der Waals surface area contributed by atoms with E-state index in [2.05, 4.69) is 154 Å². The van der Waals surface area contributed by atoms with E-state index >= 15 is 0 Å². The number of hydrogen-bond acceptors (Lipinski definition) is 6. The highest BCUT2D eigenvalue weighted by atomic mass is 16.6. The van der Waals surface area contributed by atoms with Crippen molar-refractivity contribution in [3.8, 4) is 0 Å². The van der Waals surface area contributed by atoms with Crippen LogP contribution in [0.15, 0.2) is 134 Å². The lowest BCUT2D eigenvalue weighted by atomic mass is 10.1. The monoisotopic (exact) mass is 911 g/mol. The number of ether oxygens (including phenoxy) is 3. The minimum absolute atomic E-state index is 0.132. The second kappa shape index (κ2) is 53.2. The van der Waals surface area contributed by atoms with Crippen LogP contribution in [-0.4, -0.2) is 37.2 Å². The smallest absolute Gasteiger partial charge is 0.306 e. The Labute approximate surface area is 405 Å². The molecule has 0 aromatic rings. The molecular weight excluding hydrogens is 817 g/mol. The predicted octanol–water partition coefficient (Wildman–Crippen LogP) is 17.5. The van der Waals surface area contributed by atoms with E-state index in [0.717, 1.165) is 109 Å². The number of unbranched alkanes of at least 4 members (excludes halogenated alkanes) is 12. The van der Waals surface area contributed by atoms with Gasteiger partial charge < -0.3 is 14.2 Å². The van der Waals surface area contributed by atoms with Gasteiger partial charge in [0.2, 0.25) is 0 Å². The van der Waals surface area contributed by atoms with E-state index in [1.54, 1.807) is 0 Å². The molecule has 1 unspecified atom stereocenters. The lowest BCUT2D eigenvalue weighted by molar-refractivity contribution is -0.167. The van der Waals surface area contributed by atoms with E-state index in [9.17, 15) is 14.4 Å². The van der Waals surface area contributed by atoms with Crippen molar-refractivity contribution in [3.63, 3.8) is 0 Å². The average Bonchev–Trinajstić information content (AvgIpc) is 3.31. The molecule has 6 heteroatoms. The normalized spacial score (nSPS) is 13.2. The number of carbonyl (C=O) groups is 3. The van der Waals surface area contributed by atoms with E-state index in [1.165, 1.54) is 44.9 Å². The largest absolute Gasteiger partial charge is 0.462 e. The third-order valence-electron chi connectivity index (χ3n) is 10.4. The molecule has 0 rings (SSSR count). The number of hydrogen-bond donors (Lipinski definition) is 0. The van der Waals surface area contributed by atoms with Gasteiger partial charge in [0.05, 0.1) is 0 Å². The lowest BCUT2D eigenvalue weighted by Crippen LogP contribution is -2.30. The van der Waals surface area contributed by atoms with Gasteiger partial charge in [0.25, 0.3) is 0 Å². The topological polar surface area (TPSA) is 78.9 Å². The number of carbonyl (C=O) groups excluding carboxylic acids is 3. The van der Waals surface area contributed by atoms with Crippen LogP contribution < -0.4 is 0 Å². The van der Waals surface area contributed by atoms with E-state index in [1.807, 2.05) is 0 Å².